The van der Waals surface area contributed by atoms with Gasteiger partial charge in [0.1, 0.15) is 0 Å². The normalized spacial score (nSPS) is 12.6. The summed E-state index contributed by atoms with van der Waals surface area (Å²) in [4.78, 5) is 141. The molecule has 0 amide bonds. The van der Waals surface area contributed by atoms with Crippen LogP contribution in [0.15, 0.2) is 208 Å². The molecule has 8 aliphatic rings. The van der Waals surface area contributed by atoms with Gasteiger partial charge in [0, 0.05) is 26.2 Å². The molecule has 4 N–H and O–H groups in total. The summed E-state index contributed by atoms with van der Waals surface area (Å²) in [5.74, 6) is 3.74. The monoisotopic (exact) mass is 1620 g/mol. The molecule has 0 spiro atoms. The second kappa shape index (κ2) is 37.4. The highest BCUT2D eigenvalue weighted by Crippen LogP contribution is 2.34. The minimum Gasteiger partial charge on any atom is -0.322 e. The molecule has 24 heteroatoms. The Bertz CT molecular complexity index is 6570. The van der Waals surface area contributed by atoms with Crippen LogP contribution in [-0.4, -0.2) is 78.1 Å². The molecule has 0 saturated heterocycles. The summed E-state index contributed by atoms with van der Waals surface area (Å²) in [5.41, 5.74) is 17.4. The van der Waals surface area contributed by atoms with E-state index in [9.17, 15) is 38.4 Å². The van der Waals surface area contributed by atoms with Gasteiger partial charge in [-0.15, -0.1) is 0 Å². The number of hydrogen-bond acceptors (Lipinski definition) is 16. The van der Waals surface area contributed by atoms with Crippen LogP contribution < -0.4 is 45.0 Å². The number of nitrogens with one attached hydrogen (secondary N) is 4. The van der Waals surface area contributed by atoms with Crippen molar-refractivity contribution < 1.29 is 0 Å². The predicted molar refractivity (Wildman–Crippen MR) is 482 cm³/mol. The highest BCUT2D eigenvalue weighted by Gasteiger charge is 2.26. The van der Waals surface area contributed by atoms with E-state index in [-0.39, 0.29) is 22.8 Å². The van der Waals surface area contributed by atoms with E-state index in [2.05, 4.69) is 285 Å². The van der Waals surface area contributed by atoms with Gasteiger partial charge in [0.15, 0.2) is 46.1 Å². The summed E-state index contributed by atoms with van der Waals surface area (Å²) in [6.45, 7) is 34.5. The molecule has 622 valence electrons. The van der Waals surface area contributed by atoms with Crippen molar-refractivity contribution in [3.05, 3.63) is 320 Å². The number of hydrogen-bond donors (Lipinski definition) is 4. The molecule has 16 rings (SSSR count). The van der Waals surface area contributed by atoms with Crippen molar-refractivity contribution in [2.75, 3.05) is 0 Å². The number of aryl methyl sites for hydroxylation is 9. The number of aromatic nitrogens is 16. The van der Waals surface area contributed by atoms with E-state index in [1.807, 2.05) is 66.8 Å². The van der Waals surface area contributed by atoms with Gasteiger partial charge in [-0.25, -0.2) is 39.1 Å². The van der Waals surface area contributed by atoms with Gasteiger partial charge in [-0.05, 0) is 201 Å². The fraction of sp³-hybridized carbons (Fsp3) is 0.340. The topological polar surface area (TPSA) is 323 Å². The Morgan fingerprint density at radius 1 is 0.289 bits per heavy atom. The van der Waals surface area contributed by atoms with Crippen molar-refractivity contribution in [1.29, 1.82) is 0 Å². The van der Waals surface area contributed by atoms with Crippen molar-refractivity contribution in [1.82, 2.24) is 78.1 Å². The van der Waals surface area contributed by atoms with Crippen LogP contribution in [0.25, 0.3) is 90.2 Å². The molecular weight excluding hydrogens is 1520 g/mol. The highest BCUT2D eigenvalue weighted by atomic mass is 16.2. The quantitative estimate of drug-likeness (QED) is 0.0458. The van der Waals surface area contributed by atoms with Gasteiger partial charge in [-0.2, -0.15) is 19.9 Å². The minimum atomic E-state index is -0.646. The first-order valence-corrected chi connectivity index (χ1v) is 42.0. The number of fused-ring (bicyclic) bond motifs is 8. The summed E-state index contributed by atoms with van der Waals surface area (Å²) in [6, 6.07) is 58.8. The third kappa shape index (κ3) is 19.8. The first kappa shape index (κ1) is 85.8. The fourth-order valence-electron chi connectivity index (χ4n) is 15.6. The lowest BCUT2D eigenvalue weighted by molar-refractivity contribution is 0.540. The Kier molecular flexibility index (Phi) is 26.5. The van der Waals surface area contributed by atoms with Crippen LogP contribution in [0.4, 0.5) is 0 Å². The van der Waals surface area contributed by atoms with Crippen LogP contribution >= 0.6 is 0 Å². The summed E-state index contributed by atoms with van der Waals surface area (Å²) in [6.07, 6.45) is 6.40. The molecule has 2 unspecified atom stereocenters. The van der Waals surface area contributed by atoms with E-state index >= 15 is 0 Å². The maximum atomic E-state index is 12.5. The number of rotatable bonds is 22. The maximum absolute atomic E-state index is 12.5. The van der Waals surface area contributed by atoms with Crippen LogP contribution in [0, 0.1) is 27.7 Å². The van der Waals surface area contributed by atoms with Crippen LogP contribution in [0.1, 0.15) is 223 Å². The fourth-order valence-corrected chi connectivity index (χ4v) is 15.6. The minimum absolute atomic E-state index is 0.200. The molecule has 4 atom stereocenters. The summed E-state index contributed by atoms with van der Waals surface area (Å²) < 4.78 is 7.87. The van der Waals surface area contributed by atoms with Crippen molar-refractivity contribution in [2.45, 2.75) is 216 Å². The second-order valence-electron chi connectivity index (χ2n) is 33.1. The Morgan fingerprint density at radius 2 is 0.537 bits per heavy atom. The standard InChI is InChI=1S/C25H28N4O2.3C24H26N4O2/c1-5-17(18-8-6-16(4)7-9-18)12-13-29-21-11-10-19(15(2)3)14-20(21)26-22-23(29)27-25(31)28-24(22)30;2*1-14(2)18-9-10-20-19(13-18)25-21-22(26-24(30)27-23(21)29)28(20)12-11-16(4)17-7-5-15(3)6-8-17;1-4-5-17-8-11-20-19(14-17)25-21-22(26-24(30)27-23(21)29)28(20)13-12-16(3)18-9-6-15(2)7-10-18/h6-11,14-15,17H,5,12-13H2,1-4H3,(H,28,30,31);2*5-10,13-14,16H,11-12H2,1-4H3,(H,27,29,30);6-11,14,16H,4-5,12-13H2,1-3H3,(H,27,29,30)/t;2*16-;/m.10./s1. The lowest BCUT2D eigenvalue weighted by Gasteiger charge is -2.21. The van der Waals surface area contributed by atoms with E-state index in [0.29, 0.717) is 90.9 Å². The molecule has 121 heavy (non-hydrogen) atoms. The molecule has 0 aromatic heterocycles. The van der Waals surface area contributed by atoms with E-state index in [1.165, 1.54) is 50.1 Å². The van der Waals surface area contributed by atoms with E-state index in [4.69, 9.17) is 0 Å². The lowest BCUT2D eigenvalue weighted by Crippen LogP contribution is -2.29. The first-order valence-electron chi connectivity index (χ1n) is 42.0. The summed E-state index contributed by atoms with van der Waals surface area (Å²) >= 11 is 0. The third-order valence-electron chi connectivity index (χ3n) is 23.1. The van der Waals surface area contributed by atoms with E-state index in [1.54, 1.807) is 0 Å². The molecule has 0 bridgehead atoms. The Hall–Kier alpha value is -13.1. The zero-order valence-electron chi connectivity index (χ0n) is 71.6. The largest absolute Gasteiger partial charge is 0.349 e. The van der Waals surface area contributed by atoms with Gasteiger partial charge in [-0.1, -0.05) is 226 Å². The Balaban J connectivity index is 0.000000139. The van der Waals surface area contributed by atoms with Crippen LogP contribution in [0.5, 0.6) is 0 Å². The maximum Gasteiger partial charge on any atom is 0.349 e. The molecule has 0 aliphatic carbocycles. The van der Waals surface area contributed by atoms with Crippen LogP contribution in [-0.2, 0) is 32.6 Å². The molecule has 0 radical (unpaired) electrons. The first-order chi connectivity index (χ1) is 58.0. The average Bonchev–Trinajstić information content (AvgIpc) is 0.775. The zero-order valence-corrected chi connectivity index (χ0v) is 71.6. The second-order valence-corrected chi connectivity index (χ2v) is 33.1. The van der Waals surface area contributed by atoms with Crippen molar-refractivity contribution in [3.63, 3.8) is 0 Å². The van der Waals surface area contributed by atoms with Crippen LogP contribution in [0.2, 0.25) is 0 Å². The van der Waals surface area contributed by atoms with Gasteiger partial charge in [0.2, 0.25) is 0 Å². The van der Waals surface area contributed by atoms with Crippen molar-refractivity contribution in [3.8, 4) is 46.1 Å². The molecule has 8 aromatic carbocycles. The predicted octanol–water partition coefficient (Wildman–Crippen LogP) is 17.1. The van der Waals surface area contributed by atoms with Crippen LogP contribution in [0.3, 0.4) is 0 Å². The summed E-state index contributed by atoms with van der Waals surface area (Å²) in [5, 5.41) is 0. The van der Waals surface area contributed by atoms with Gasteiger partial charge < -0.3 is 18.3 Å². The zero-order chi connectivity index (χ0) is 86.2. The van der Waals surface area contributed by atoms with Gasteiger partial charge in [0.25, 0.3) is 22.2 Å². The van der Waals surface area contributed by atoms with E-state index < -0.39 is 45.0 Å². The number of H-pyrrole nitrogens is 4. The van der Waals surface area contributed by atoms with Crippen molar-refractivity contribution in [2.24, 2.45) is 0 Å². The smallest absolute Gasteiger partial charge is 0.322 e. The number of aromatic amines is 4. The molecule has 24 nitrogen and oxygen atoms in total. The lowest BCUT2D eigenvalue weighted by atomic mass is 9.92. The van der Waals surface area contributed by atoms with E-state index in [0.717, 1.165) is 106 Å². The molecule has 8 aromatic rings. The van der Waals surface area contributed by atoms with Gasteiger partial charge >= 0.3 is 22.8 Å². The number of nitrogens with zero attached hydrogens (tertiary/aromatic N) is 12. The SMILES string of the molecule is CCC(CCn1c2nc(=O)[nH]c(=O)c-2nc2cc(C(C)C)ccc21)c1ccc(C)cc1.CCCc1ccc2c(c1)nc1c(=O)[nH]c(=O)nc-1n2CCC(C)c1ccc(C)cc1.Cc1ccc([C@@H](C)CCn2c3nc(=O)[nH]c(=O)c-3nc3cc(C(C)C)ccc32)cc1.Cc1ccc([C@H](C)CCn2c3nc(=O)[nH]c(=O)c-3nc3cc(C(C)C)ccc32)cc1. The molecular formula is C97H106N16O8. The summed E-state index contributed by atoms with van der Waals surface area (Å²) in [7, 11) is 0. The average molecular weight is 1620 g/mol. The van der Waals surface area contributed by atoms with Gasteiger partial charge in [0.05, 0.1) is 44.1 Å². The Labute approximate surface area is 700 Å². The number of benzene rings is 8. The molecule has 0 fully saturated rings. The Morgan fingerprint density at radius 3 is 0.802 bits per heavy atom. The molecule has 8 aliphatic heterocycles. The molecule has 8 heterocycles. The van der Waals surface area contributed by atoms with Crippen molar-refractivity contribution >= 4 is 44.1 Å². The van der Waals surface area contributed by atoms with Gasteiger partial charge in [-0.3, -0.25) is 39.1 Å². The third-order valence-corrected chi connectivity index (χ3v) is 23.1. The molecule has 0 saturated carbocycles. The highest BCUT2D eigenvalue weighted by molar-refractivity contribution is 5.83.